The van der Waals surface area contributed by atoms with E-state index in [0.717, 1.165) is 11.4 Å². The fourth-order valence-electron chi connectivity index (χ4n) is 2.39. The van der Waals surface area contributed by atoms with Crippen LogP contribution in [0.3, 0.4) is 0 Å². The first-order valence-corrected chi connectivity index (χ1v) is 6.97. The van der Waals surface area contributed by atoms with Gasteiger partial charge in [0.1, 0.15) is 11.9 Å². The molecule has 22 heavy (non-hydrogen) atoms. The molecule has 1 N–H and O–H groups in total. The number of benzene rings is 1. The number of nitrogens with zero attached hydrogens (tertiary/aromatic N) is 3. The summed E-state index contributed by atoms with van der Waals surface area (Å²) >= 11 is 0. The molecule has 1 fully saturated rings. The first-order valence-electron chi connectivity index (χ1n) is 6.97. The van der Waals surface area contributed by atoms with Crippen LogP contribution in [0, 0.1) is 0 Å². The monoisotopic (exact) mass is 310 g/mol. The van der Waals surface area contributed by atoms with E-state index < -0.39 is 6.61 Å². The van der Waals surface area contributed by atoms with Crippen molar-refractivity contribution in [2.75, 3.05) is 13.2 Å². The zero-order chi connectivity index (χ0) is 15.4. The van der Waals surface area contributed by atoms with E-state index in [-0.39, 0.29) is 18.8 Å². The highest BCUT2D eigenvalue weighted by Gasteiger charge is 2.26. The van der Waals surface area contributed by atoms with E-state index in [1.165, 1.54) is 4.80 Å². The molecule has 3 rings (SSSR count). The molecule has 1 saturated heterocycles. The van der Waals surface area contributed by atoms with Crippen molar-refractivity contribution in [3.05, 3.63) is 36.7 Å². The van der Waals surface area contributed by atoms with Gasteiger partial charge in [-0.2, -0.15) is 23.8 Å². The summed E-state index contributed by atoms with van der Waals surface area (Å²) in [5, 5.41) is 11.2. The maximum Gasteiger partial charge on any atom is 0.345 e. The standard InChI is InChI=1S/C14H16F2N4O2/c15-14(16)21-9-10-7-13(8-17-10)22-12-3-1-11(2-4-12)20-18-5-6-19-20/h1-6,10,13-14,17H,7-9H2/t10-,13-/m0/s1. The van der Waals surface area contributed by atoms with E-state index >= 15 is 0 Å². The molecular weight excluding hydrogens is 294 g/mol. The highest BCUT2D eigenvalue weighted by molar-refractivity contribution is 5.35. The molecule has 2 aromatic rings. The number of alkyl halides is 2. The Balaban J connectivity index is 1.51. The average Bonchev–Trinajstić information content (AvgIpc) is 3.17. The van der Waals surface area contributed by atoms with Crippen molar-refractivity contribution in [3.63, 3.8) is 0 Å². The van der Waals surface area contributed by atoms with Gasteiger partial charge in [-0.05, 0) is 24.3 Å². The van der Waals surface area contributed by atoms with Crippen molar-refractivity contribution < 1.29 is 18.3 Å². The average molecular weight is 310 g/mol. The number of halogens is 2. The van der Waals surface area contributed by atoms with E-state index in [1.807, 2.05) is 24.3 Å². The second-order valence-corrected chi connectivity index (χ2v) is 4.99. The summed E-state index contributed by atoms with van der Waals surface area (Å²) in [6.07, 6.45) is 3.79. The second kappa shape index (κ2) is 6.80. The molecule has 0 amide bonds. The Bertz CT molecular complexity index is 577. The molecule has 2 heterocycles. The van der Waals surface area contributed by atoms with Crippen LogP contribution in [-0.4, -0.2) is 46.9 Å². The third-order valence-corrected chi connectivity index (χ3v) is 3.39. The first-order chi connectivity index (χ1) is 10.7. The second-order valence-electron chi connectivity index (χ2n) is 4.99. The number of rotatable bonds is 6. The minimum absolute atomic E-state index is 0.0125. The van der Waals surface area contributed by atoms with Gasteiger partial charge in [0.25, 0.3) is 0 Å². The molecular formula is C14H16F2N4O2. The normalized spacial score (nSPS) is 21.4. The molecule has 0 bridgehead atoms. The van der Waals surface area contributed by atoms with Crippen LogP contribution in [0.4, 0.5) is 8.78 Å². The number of ether oxygens (including phenoxy) is 2. The molecule has 1 aliphatic rings. The number of hydrogen-bond donors (Lipinski definition) is 1. The van der Waals surface area contributed by atoms with Crippen LogP contribution in [0.15, 0.2) is 36.7 Å². The van der Waals surface area contributed by atoms with Crippen molar-refractivity contribution in [3.8, 4) is 11.4 Å². The van der Waals surface area contributed by atoms with Gasteiger partial charge >= 0.3 is 6.61 Å². The smallest absolute Gasteiger partial charge is 0.345 e. The van der Waals surface area contributed by atoms with Gasteiger partial charge in [0.15, 0.2) is 0 Å². The predicted octanol–water partition coefficient (Wildman–Crippen LogP) is 1.62. The third-order valence-electron chi connectivity index (χ3n) is 3.39. The summed E-state index contributed by atoms with van der Waals surface area (Å²) in [5.41, 5.74) is 0.838. The summed E-state index contributed by atoms with van der Waals surface area (Å²) < 4.78 is 34.1. The predicted molar refractivity (Wildman–Crippen MR) is 74.1 cm³/mol. The van der Waals surface area contributed by atoms with Crippen LogP contribution in [0.2, 0.25) is 0 Å². The zero-order valence-electron chi connectivity index (χ0n) is 11.7. The van der Waals surface area contributed by atoms with Gasteiger partial charge in [0.05, 0.1) is 24.7 Å². The summed E-state index contributed by atoms with van der Waals surface area (Å²) in [6.45, 7) is -2.13. The van der Waals surface area contributed by atoms with Crippen LogP contribution in [0.25, 0.3) is 5.69 Å². The van der Waals surface area contributed by atoms with Crippen LogP contribution >= 0.6 is 0 Å². The van der Waals surface area contributed by atoms with E-state index in [4.69, 9.17) is 4.74 Å². The lowest BCUT2D eigenvalue weighted by Crippen LogP contribution is -2.27. The van der Waals surface area contributed by atoms with Crippen LogP contribution in [0.1, 0.15) is 6.42 Å². The Hall–Kier alpha value is -2.06. The van der Waals surface area contributed by atoms with Gasteiger partial charge in [-0.3, -0.25) is 0 Å². The number of nitrogens with one attached hydrogen (secondary N) is 1. The molecule has 0 unspecified atom stereocenters. The highest BCUT2D eigenvalue weighted by Crippen LogP contribution is 2.19. The Morgan fingerprint density at radius 2 is 1.95 bits per heavy atom. The van der Waals surface area contributed by atoms with Crippen molar-refractivity contribution in [2.45, 2.75) is 25.2 Å². The Morgan fingerprint density at radius 3 is 2.64 bits per heavy atom. The lowest BCUT2D eigenvalue weighted by molar-refractivity contribution is -0.133. The van der Waals surface area contributed by atoms with Gasteiger partial charge in [-0.15, -0.1) is 0 Å². The van der Waals surface area contributed by atoms with Crippen molar-refractivity contribution in [1.29, 1.82) is 0 Å². The Labute approximate surface area is 126 Å². The van der Waals surface area contributed by atoms with Crippen LogP contribution < -0.4 is 10.1 Å². The van der Waals surface area contributed by atoms with Gasteiger partial charge < -0.3 is 14.8 Å². The van der Waals surface area contributed by atoms with Gasteiger partial charge in [-0.25, -0.2) is 0 Å². The topological polar surface area (TPSA) is 61.2 Å². The Kier molecular flexibility index (Phi) is 4.59. The fourth-order valence-corrected chi connectivity index (χ4v) is 2.39. The quantitative estimate of drug-likeness (QED) is 0.878. The van der Waals surface area contributed by atoms with Crippen LogP contribution in [-0.2, 0) is 4.74 Å². The van der Waals surface area contributed by atoms with Gasteiger partial charge in [-0.1, -0.05) is 0 Å². The Morgan fingerprint density at radius 1 is 1.23 bits per heavy atom. The summed E-state index contributed by atoms with van der Waals surface area (Å²) in [5.74, 6) is 0.720. The largest absolute Gasteiger partial charge is 0.489 e. The number of aromatic nitrogens is 3. The fraction of sp³-hybridized carbons (Fsp3) is 0.429. The summed E-state index contributed by atoms with van der Waals surface area (Å²) in [7, 11) is 0. The molecule has 8 heteroatoms. The van der Waals surface area contributed by atoms with E-state index in [0.29, 0.717) is 13.0 Å². The van der Waals surface area contributed by atoms with Gasteiger partial charge in [0.2, 0.25) is 0 Å². The summed E-state index contributed by atoms with van der Waals surface area (Å²) in [4.78, 5) is 1.51. The van der Waals surface area contributed by atoms with E-state index in [9.17, 15) is 8.78 Å². The van der Waals surface area contributed by atoms with Gasteiger partial charge in [0, 0.05) is 19.0 Å². The maximum absolute atomic E-state index is 12.0. The molecule has 6 nitrogen and oxygen atoms in total. The maximum atomic E-state index is 12.0. The molecule has 0 saturated carbocycles. The zero-order valence-corrected chi connectivity index (χ0v) is 11.7. The third kappa shape index (κ3) is 3.77. The molecule has 1 aromatic carbocycles. The minimum atomic E-state index is -2.73. The first kappa shape index (κ1) is 14.9. The van der Waals surface area contributed by atoms with E-state index in [1.54, 1.807) is 12.4 Å². The lowest BCUT2D eigenvalue weighted by Gasteiger charge is -2.13. The molecule has 1 aromatic heterocycles. The molecule has 2 atom stereocenters. The minimum Gasteiger partial charge on any atom is -0.489 e. The van der Waals surface area contributed by atoms with Crippen LogP contribution in [0.5, 0.6) is 5.75 Å². The molecule has 0 aliphatic carbocycles. The molecule has 118 valence electrons. The molecule has 1 aliphatic heterocycles. The number of hydrogen-bond acceptors (Lipinski definition) is 5. The highest BCUT2D eigenvalue weighted by atomic mass is 19.3. The van der Waals surface area contributed by atoms with Crippen molar-refractivity contribution in [1.82, 2.24) is 20.3 Å². The van der Waals surface area contributed by atoms with Crippen molar-refractivity contribution in [2.24, 2.45) is 0 Å². The molecule has 0 radical (unpaired) electrons. The lowest BCUT2D eigenvalue weighted by atomic mass is 10.2. The SMILES string of the molecule is FC(F)OC[C@@H]1C[C@H](Oc2ccc(-n3nccn3)cc2)CN1. The molecule has 0 spiro atoms. The summed E-state index contributed by atoms with van der Waals surface area (Å²) in [6, 6.07) is 7.28. The van der Waals surface area contributed by atoms with Crippen molar-refractivity contribution >= 4 is 0 Å². The van der Waals surface area contributed by atoms with E-state index in [2.05, 4.69) is 20.3 Å².